The minimum atomic E-state index is -0.348. The van der Waals surface area contributed by atoms with Crippen molar-refractivity contribution in [3.05, 3.63) is 71.8 Å². The lowest BCUT2D eigenvalue weighted by molar-refractivity contribution is -0.125. The molecule has 0 spiro atoms. The first kappa shape index (κ1) is 21.1. The van der Waals surface area contributed by atoms with Gasteiger partial charge in [0.2, 0.25) is 5.91 Å². The van der Waals surface area contributed by atoms with Crippen molar-refractivity contribution in [2.75, 3.05) is 18.0 Å². The van der Waals surface area contributed by atoms with Gasteiger partial charge < -0.3 is 14.7 Å². The van der Waals surface area contributed by atoms with Gasteiger partial charge in [-0.15, -0.1) is 0 Å². The second-order valence-electron chi connectivity index (χ2n) is 8.38. The van der Waals surface area contributed by atoms with Crippen LogP contribution in [-0.4, -0.2) is 34.1 Å². The van der Waals surface area contributed by atoms with Gasteiger partial charge in [0.1, 0.15) is 29.0 Å². The summed E-state index contributed by atoms with van der Waals surface area (Å²) in [6.07, 6.45) is 2.87. The smallest absolute Gasteiger partial charge is 0.263 e. The zero-order valence-corrected chi connectivity index (χ0v) is 18.3. The van der Waals surface area contributed by atoms with Crippen LogP contribution in [-0.2, 0) is 11.3 Å². The van der Waals surface area contributed by atoms with Crippen molar-refractivity contribution in [1.82, 2.24) is 20.4 Å². The van der Waals surface area contributed by atoms with Gasteiger partial charge in [-0.2, -0.15) is 4.98 Å². The van der Waals surface area contributed by atoms with Gasteiger partial charge in [0, 0.05) is 31.1 Å². The second kappa shape index (κ2) is 8.97. The largest absolute Gasteiger partial charge is 0.356 e. The fourth-order valence-corrected chi connectivity index (χ4v) is 4.24. The maximum absolute atomic E-state index is 13.8. The number of benzene rings is 2. The number of carbonyl (C=O) groups excluding carboxylic acids is 1. The molecule has 168 valence electrons. The predicted octanol–water partition coefficient (Wildman–Crippen LogP) is 4.27. The molecule has 0 radical (unpaired) electrons. The maximum atomic E-state index is 13.8. The van der Waals surface area contributed by atoms with E-state index in [0.717, 1.165) is 5.56 Å². The van der Waals surface area contributed by atoms with Gasteiger partial charge in [0.15, 0.2) is 0 Å². The van der Waals surface area contributed by atoms with E-state index in [1.165, 1.54) is 24.0 Å². The monoisotopic (exact) mass is 445 g/mol. The number of halogens is 1. The Morgan fingerprint density at radius 3 is 2.70 bits per heavy atom. The molecule has 1 aliphatic heterocycles. The molecule has 1 amide bonds. The molecule has 1 fully saturated rings. The molecule has 1 saturated heterocycles. The number of amides is 1. The van der Waals surface area contributed by atoms with E-state index in [1.807, 2.05) is 31.2 Å². The average molecular weight is 445 g/mol. The quantitative estimate of drug-likeness (QED) is 0.494. The normalized spacial score (nSPS) is 14.5. The molecule has 5 rings (SSSR count). The Labute approximate surface area is 190 Å². The summed E-state index contributed by atoms with van der Waals surface area (Å²) in [6.45, 7) is 3.91. The van der Waals surface area contributed by atoms with E-state index in [9.17, 15) is 9.18 Å². The number of carbonyl (C=O) groups is 1. The summed E-state index contributed by atoms with van der Waals surface area (Å²) in [5.41, 5.74) is 3.77. The molecule has 1 aliphatic rings. The third kappa shape index (κ3) is 4.41. The highest BCUT2D eigenvalue weighted by molar-refractivity contribution is 5.98. The number of piperidine rings is 1. The number of anilines is 1. The van der Waals surface area contributed by atoms with Crippen LogP contribution in [0.5, 0.6) is 0 Å². The molecule has 0 atom stereocenters. The fourth-order valence-electron chi connectivity index (χ4n) is 4.24. The summed E-state index contributed by atoms with van der Waals surface area (Å²) in [5.74, 6) is 0.376. The topological polar surface area (TPSA) is 84.2 Å². The molecule has 0 aliphatic carbocycles. The van der Waals surface area contributed by atoms with Gasteiger partial charge in [-0.25, -0.2) is 9.37 Å². The van der Waals surface area contributed by atoms with Crippen LogP contribution in [0.3, 0.4) is 0 Å². The van der Waals surface area contributed by atoms with Crippen molar-refractivity contribution in [3.63, 3.8) is 0 Å². The molecule has 3 heterocycles. The van der Waals surface area contributed by atoms with E-state index >= 15 is 0 Å². The van der Waals surface area contributed by atoms with Crippen molar-refractivity contribution in [1.29, 1.82) is 0 Å². The number of nitrogens with one attached hydrogen (secondary N) is 1. The average Bonchev–Trinajstić information content (AvgIpc) is 3.28. The van der Waals surface area contributed by atoms with Crippen molar-refractivity contribution in [3.8, 4) is 11.3 Å². The van der Waals surface area contributed by atoms with Gasteiger partial charge >= 0.3 is 0 Å². The molecular weight excluding hydrogens is 421 g/mol. The number of nitrogens with zero attached hydrogens (tertiary/aromatic N) is 4. The van der Waals surface area contributed by atoms with Crippen LogP contribution in [0, 0.1) is 18.7 Å². The highest BCUT2D eigenvalue weighted by Gasteiger charge is 2.28. The summed E-state index contributed by atoms with van der Waals surface area (Å²) in [6, 6.07) is 14.4. The number of fused-ring (bicyclic) bond motifs is 1. The molecule has 0 unspecified atom stereocenters. The van der Waals surface area contributed by atoms with E-state index in [-0.39, 0.29) is 17.6 Å². The Hall–Kier alpha value is -3.81. The van der Waals surface area contributed by atoms with E-state index < -0.39 is 0 Å². The second-order valence-corrected chi connectivity index (χ2v) is 8.38. The standard InChI is InChI=1S/C25H24FN5O2/c1-16-5-7-17(8-6-16)14-27-24(32)18-9-11-31(12-10-18)23-21-22(19-3-2-4-20(26)13-19)30-33-25(21)29-15-28-23/h2-8,13,15,18H,9-12,14H2,1H3,(H,27,32). The number of aryl methyl sites for hydroxylation is 1. The SMILES string of the molecule is Cc1ccc(CNC(=O)C2CCN(c3ncnc4onc(-c5cccc(F)c5)c34)CC2)cc1. The summed E-state index contributed by atoms with van der Waals surface area (Å²) >= 11 is 0. The van der Waals surface area contributed by atoms with Crippen LogP contribution in [0.4, 0.5) is 10.2 Å². The Balaban J connectivity index is 1.29. The first-order chi connectivity index (χ1) is 16.1. The molecule has 33 heavy (non-hydrogen) atoms. The third-order valence-corrected chi connectivity index (χ3v) is 6.10. The Kier molecular flexibility index (Phi) is 5.73. The van der Waals surface area contributed by atoms with Crippen molar-refractivity contribution >= 4 is 22.8 Å². The molecule has 7 nitrogen and oxygen atoms in total. The Morgan fingerprint density at radius 1 is 1.15 bits per heavy atom. The zero-order chi connectivity index (χ0) is 22.8. The van der Waals surface area contributed by atoms with Gasteiger partial charge in [-0.1, -0.05) is 47.1 Å². The van der Waals surface area contributed by atoms with Crippen LogP contribution < -0.4 is 10.2 Å². The van der Waals surface area contributed by atoms with Crippen LogP contribution in [0.1, 0.15) is 24.0 Å². The molecule has 2 aromatic heterocycles. The zero-order valence-electron chi connectivity index (χ0n) is 18.3. The maximum Gasteiger partial charge on any atom is 0.263 e. The Bertz CT molecular complexity index is 1280. The van der Waals surface area contributed by atoms with E-state index in [2.05, 4.69) is 25.3 Å². The molecular formula is C25H24FN5O2. The van der Waals surface area contributed by atoms with Crippen LogP contribution in [0.2, 0.25) is 0 Å². The van der Waals surface area contributed by atoms with Crippen molar-refractivity contribution in [2.45, 2.75) is 26.3 Å². The van der Waals surface area contributed by atoms with E-state index in [4.69, 9.17) is 4.52 Å². The lowest BCUT2D eigenvalue weighted by atomic mass is 9.95. The highest BCUT2D eigenvalue weighted by Crippen LogP contribution is 2.34. The lowest BCUT2D eigenvalue weighted by Gasteiger charge is -2.32. The molecule has 1 N–H and O–H groups in total. The number of aromatic nitrogens is 3. The van der Waals surface area contributed by atoms with Gasteiger partial charge in [-0.3, -0.25) is 4.79 Å². The number of hydrogen-bond acceptors (Lipinski definition) is 6. The fraction of sp³-hybridized carbons (Fsp3) is 0.280. The molecule has 4 aromatic rings. The van der Waals surface area contributed by atoms with Crippen molar-refractivity contribution in [2.24, 2.45) is 5.92 Å². The lowest BCUT2D eigenvalue weighted by Crippen LogP contribution is -2.40. The minimum absolute atomic E-state index is 0.0470. The minimum Gasteiger partial charge on any atom is -0.356 e. The van der Waals surface area contributed by atoms with E-state index in [0.29, 0.717) is 60.7 Å². The highest BCUT2D eigenvalue weighted by atomic mass is 19.1. The summed E-state index contributed by atoms with van der Waals surface area (Å²) in [5, 5.41) is 7.85. The third-order valence-electron chi connectivity index (χ3n) is 6.10. The first-order valence-corrected chi connectivity index (χ1v) is 11.0. The van der Waals surface area contributed by atoms with Crippen molar-refractivity contribution < 1.29 is 13.7 Å². The predicted molar refractivity (Wildman–Crippen MR) is 123 cm³/mol. The van der Waals surface area contributed by atoms with Gasteiger partial charge in [-0.05, 0) is 37.5 Å². The number of rotatable bonds is 5. The van der Waals surface area contributed by atoms with Crippen LogP contribution in [0.25, 0.3) is 22.4 Å². The summed E-state index contributed by atoms with van der Waals surface area (Å²) in [4.78, 5) is 23.5. The van der Waals surface area contributed by atoms with E-state index in [1.54, 1.807) is 12.1 Å². The van der Waals surface area contributed by atoms with Crippen LogP contribution in [0.15, 0.2) is 59.4 Å². The van der Waals surface area contributed by atoms with Gasteiger partial charge in [0.05, 0.1) is 0 Å². The summed E-state index contributed by atoms with van der Waals surface area (Å²) < 4.78 is 19.2. The summed E-state index contributed by atoms with van der Waals surface area (Å²) in [7, 11) is 0. The van der Waals surface area contributed by atoms with Gasteiger partial charge in [0.25, 0.3) is 5.71 Å². The van der Waals surface area contributed by atoms with Crippen LogP contribution >= 0.6 is 0 Å². The Morgan fingerprint density at radius 2 is 1.94 bits per heavy atom. The number of hydrogen-bond donors (Lipinski definition) is 1. The molecule has 8 heteroatoms. The molecule has 0 bridgehead atoms. The first-order valence-electron chi connectivity index (χ1n) is 11.0. The molecule has 0 saturated carbocycles. The molecule has 2 aromatic carbocycles.